The average Bonchev–Trinajstić information content (AvgIpc) is 2.48. The van der Waals surface area contributed by atoms with Gasteiger partial charge in [0, 0.05) is 10.2 Å². The van der Waals surface area contributed by atoms with Gasteiger partial charge in [-0.1, -0.05) is 6.07 Å². The second kappa shape index (κ2) is 6.42. The molecule has 0 fully saturated rings. The highest BCUT2D eigenvalue weighted by molar-refractivity contribution is 9.10. The van der Waals surface area contributed by atoms with E-state index < -0.39 is 5.97 Å². The molecule has 0 radical (unpaired) electrons. The van der Waals surface area contributed by atoms with Crippen molar-refractivity contribution in [3.05, 3.63) is 63.1 Å². The summed E-state index contributed by atoms with van der Waals surface area (Å²) in [4.78, 5) is 12.0. The SMILES string of the molecule is Cc1cc(C#N)ccc1COC(=O)c1ccc(Br)c(N)c1. The fraction of sp³-hybridized carbons (Fsp3) is 0.125. The number of benzene rings is 2. The van der Waals surface area contributed by atoms with E-state index in [1.165, 1.54) is 0 Å². The first-order chi connectivity index (χ1) is 10.0. The minimum atomic E-state index is -0.432. The maximum atomic E-state index is 12.0. The molecule has 5 heteroatoms. The van der Waals surface area contributed by atoms with Gasteiger partial charge in [-0.15, -0.1) is 0 Å². The van der Waals surface area contributed by atoms with Crippen LogP contribution in [0.4, 0.5) is 5.69 Å². The van der Waals surface area contributed by atoms with Gasteiger partial charge in [-0.2, -0.15) is 5.26 Å². The fourth-order valence-corrected chi connectivity index (χ4v) is 2.07. The maximum absolute atomic E-state index is 12.0. The lowest BCUT2D eigenvalue weighted by molar-refractivity contribution is 0.0472. The molecule has 2 rings (SSSR count). The molecule has 0 aliphatic carbocycles. The molecule has 0 unspecified atom stereocenters. The third-order valence-corrected chi connectivity index (χ3v) is 3.78. The van der Waals surface area contributed by atoms with Gasteiger partial charge in [0.25, 0.3) is 0 Å². The molecule has 21 heavy (non-hydrogen) atoms. The number of hydrogen-bond acceptors (Lipinski definition) is 4. The van der Waals surface area contributed by atoms with Crippen LogP contribution < -0.4 is 5.73 Å². The van der Waals surface area contributed by atoms with Gasteiger partial charge < -0.3 is 10.5 Å². The summed E-state index contributed by atoms with van der Waals surface area (Å²) in [5.41, 5.74) is 8.99. The van der Waals surface area contributed by atoms with Crippen LogP contribution >= 0.6 is 15.9 Å². The van der Waals surface area contributed by atoms with Gasteiger partial charge in [-0.25, -0.2) is 4.79 Å². The van der Waals surface area contributed by atoms with Crippen molar-refractivity contribution in [2.75, 3.05) is 5.73 Å². The number of nitrogens with zero attached hydrogens (tertiary/aromatic N) is 1. The summed E-state index contributed by atoms with van der Waals surface area (Å²) in [5, 5.41) is 8.82. The zero-order valence-corrected chi connectivity index (χ0v) is 13.0. The molecule has 0 aromatic heterocycles. The molecule has 0 amide bonds. The van der Waals surface area contributed by atoms with E-state index in [1.807, 2.05) is 6.92 Å². The number of carbonyl (C=O) groups is 1. The second-order valence-corrected chi connectivity index (χ2v) is 5.42. The van der Waals surface area contributed by atoms with E-state index in [-0.39, 0.29) is 6.61 Å². The van der Waals surface area contributed by atoms with E-state index in [9.17, 15) is 4.79 Å². The normalized spacial score (nSPS) is 9.95. The quantitative estimate of drug-likeness (QED) is 0.682. The van der Waals surface area contributed by atoms with Crippen LogP contribution in [0.25, 0.3) is 0 Å². The third-order valence-electron chi connectivity index (χ3n) is 3.06. The lowest BCUT2D eigenvalue weighted by Gasteiger charge is -2.08. The summed E-state index contributed by atoms with van der Waals surface area (Å²) < 4.78 is 6.01. The van der Waals surface area contributed by atoms with Crippen LogP contribution in [0.15, 0.2) is 40.9 Å². The number of anilines is 1. The first-order valence-electron chi connectivity index (χ1n) is 6.23. The van der Waals surface area contributed by atoms with E-state index in [0.717, 1.165) is 15.6 Å². The summed E-state index contributed by atoms with van der Waals surface area (Å²) in [6, 6.07) is 12.2. The molecule has 0 saturated heterocycles. The van der Waals surface area contributed by atoms with Gasteiger partial charge in [0.05, 0.1) is 17.2 Å². The Morgan fingerprint density at radius 2 is 2.10 bits per heavy atom. The van der Waals surface area contributed by atoms with Crippen LogP contribution in [0.5, 0.6) is 0 Å². The van der Waals surface area contributed by atoms with Crippen LogP contribution in [-0.4, -0.2) is 5.97 Å². The number of carbonyl (C=O) groups excluding carboxylic acids is 1. The number of halogens is 1. The first-order valence-corrected chi connectivity index (χ1v) is 7.02. The van der Waals surface area contributed by atoms with Crippen molar-refractivity contribution in [1.29, 1.82) is 5.26 Å². The summed E-state index contributed by atoms with van der Waals surface area (Å²) in [6.07, 6.45) is 0. The third kappa shape index (κ3) is 3.61. The Kier molecular flexibility index (Phi) is 4.61. The van der Waals surface area contributed by atoms with Crippen LogP contribution in [0, 0.1) is 18.3 Å². The molecule has 2 N–H and O–H groups in total. The molecule has 0 atom stereocenters. The number of ether oxygens (including phenoxy) is 1. The molecule has 0 spiro atoms. The average molecular weight is 345 g/mol. The number of nitriles is 1. The van der Waals surface area contributed by atoms with Crippen molar-refractivity contribution in [3.8, 4) is 6.07 Å². The van der Waals surface area contributed by atoms with Crippen molar-refractivity contribution in [2.45, 2.75) is 13.5 Å². The van der Waals surface area contributed by atoms with Crippen LogP contribution in [0.2, 0.25) is 0 Å². The number of rotatable bonds is 3. The number of esters is 1. The number of nitrogens with two attached hydrogens (primary N) is 1. The standard InChI is InChI=1S/C16H13BrN2O2/c1-10-6-11(8-18)2-3-13(10)9-21-16(20)12-4-5-14(17)15(19)7-12/h2-7H,9,19H2,1H3. The Morgan fingerprint density at radius 1 is 1.33 bits per heavy atom. The van der Waals surface area contributed by atoms with E-state index in [1.54, 1.807) is 36.4 Å². The number of nitrogen functional groups attached to an aromatic ring is 1. The Labute approximate surface area is 131 Å². The largest absolute Gasteiger partial charge is 0.457 e. The van der Waals surface area contributed by atoms with Gasteiger partial charge in [-0.3, -0.25) is 0 Å². The predicted molar refractivity (Wildman–Crippen MR) is 83.6 cm³/mol. The zero-order chi connectivity index (χ0) is 15.4. The van der Waals surface area contributed by atoms with Crippen molar-refractivity contribution in [1.82, 2.24) is 0 Å². The Balaban J connectivity index is 2.07. The Bertz CT molecular complexity index is 736. The molecule has 2 aromatic rings. The van der Waals surface area contributed by atoms with Crippen molar-refractivity contribution in [2.24, 2.45) is 0 Å². The van der Waals surface area contributed by atoms with Gasteiger partial charge in [0.2, 0.25) is 0 Å². The van der Waals surface area contributed by atoms with E-state index >= 15 is 0 Å². The molecule has 0 aliphatic rings. The van der Waals surface area contributed by atoms with E-state index in [4.69, 9.17) is 15.7 Å². The smallest absolute Gasteiger partial charge is 0.338 e. The summed E-state index contributed by atoms with van der Waals surface area (Å²) in [6.45, 7) is 2.04. The highest BCUT2D eigenvalue weighted by atomic mass is 79.9. The van der Waals surface area contributed by atoms with Crippen molar-refractivity contribution < 1.29 is 9.53 Å². The predicted octanol–water partition coefficient (Wildman–Crippen LogP) is 3.57. The summed E-state index contributed by atoms with van der Waals surface area (Å²) >= 11 is 3.27. The molecule has 2 aromatic carbocycles. The van der Waals surface area contributed by atoms with Crippen LogP contribution in [-0.2, 0) is 11.3 Å². The van der Waals surface area contributed by atoms with Crippen LogP contribution in [0.1, 0.15) is 27.0 Å². The van der Waals surface area contributed by atoms with Gasteiger partial charge in [-0.05, 0) is 64.3 Å². The molecular weight excluding hydrogens is 332 g/mol. The molecule has 106 valence electrons. The van der Waals surface area contributed by atoms with Gasteiger partial charge in [0.15, 0.2) is 0 Å². The summed E-state index contributed by atoms with van der Waals surface area (Å²) in [5.74, 6) is -0.432. The van der Waals surface area contributed by atoms with Gasteiger partial charge in [0.1, 0.15) is 6.61 Å². The van der Waals surface area contributed by atoms with Crippen molar-refractivity contribution in [3.63, 3.8) is 0 Å². The lowest BCUT2D eigenvalue weighted by Crippen LogP contribution is -2.06. The highest BCUT2D eigenvalue weighted by Crippen LogP contribution is 2.21. The highest BCUT2D eigenvalue weighted by Gasteiger charge is 2.10. The maximum Gasteiger partial charge on any atom is 0.338 e. The monoisotopic (exact) mass is 344 g/mol. The topological polar surface area (TPSA) is 76.1 Å². The van der Waals surface area contributed by atoms with E-state index in [2.05, 4.69) is 22.0 Å². The molecule has 0 bridgehead atoms. The Hall–Kier alpha value is -2.32. The molecule has 4 nitrogen and oxygen atoms in total. The van der Waals surface area contributed by atoms with Crippen molar-refractivity contribution >= 4 is 27.6 Å². The molecule has 0 aliphatic heterocycles. The zero-order valence-electron chi connectivity index (χ0n) is 11.4. The van der Waals surface area contributed by atoms with Gasteiger partial charge >= 0.3 is 5.97 Å². The minimum Gasteiger partial charge on any atom is -0.457 e. The number of hydrogen-bond donors (Lipinski definition) is 1. The van der Waals surface area contributed by atoms with Crippen LogP contribution in [0.3, 0.4) is 0 Å². The molecular formula is C16H13BrN2O2. The second-order valence-electron chi connectivity index (χ2n) is 4.57. The van der Waals surface area contributed by atoms with E-state index in [0.29, 0.717) is 16.8 Å². The fourth-order valence-electron chi connectivity index (χ4n) is 1.82. The molecule has 0 heterocycles. The first kappa shape index (κ1) is 15.1. The minimum absolute atomic E-state index is 0.159. The summed E-state index contributed by atoms with van der Waals surface area (Å²) in [7, 11) is 0. The Morgan fingerprint density at radius 3 is 2.71 bits per heavy atom. The molecule has 0 saturated carbocycles. The number of aryl methyl sites for hydroxylation is 1. The lowest BCUT2D eigenvalue weighted by atomic mass is 10.1.